The Hall–Kier alpha value is -1.44. The van der Waals surface area contributed by atoms with E-state index in [1.807, 2.05) is 12.3 Å². The van der Waals surface area contributed by atoms with Gasteiger partial charge in [0.15, 0.2) is 0 Å². The number of fused-ring (bicyclic) bond motifs is 3. The van der Waals surface area contributed by atoms with Gasteiger partial charge in [-0.2, -0.15) is 4.98 Å². The first kappa shape index (κ1) is 15.8. The predicted octanol–water partition coefficient (Wildman–Crippen LogP) is 1.03. The van der Waals surface area contributed by atoms with Crippen LogP contribution in [-0.4, -0.2) is 51.9 Å². The van der Waals surface area contributed by atoms with Crippen molar-refractivity contribution in [2.24, 2.45) is 5.92 Å². The van der Waals surface area contributed by atoms with Gasteiger partial charge in [0, 0.05) is 36.9 Å². The fourth-order valence-electron chi connectivity index (χ4n) is 5.37. The highest BCUT2D eigenvalue weighted by Crippen LogP contribution is 2.38. The Labute approximate surface area is 148 Å². The molecule has 7 nitrogen and oxygen atoms in total. The van der Waals surface area contributed by atoms with Gasteiger partial charge in [0.2, 0.25) is 5.95 Å². The molecule has 1 saturated carbocycles. The molecule has 1 aliphatic carbocycles. The summed E-state index contributed by atoms with van der Waals surface area (Å²) in [6, 6.07) is 3.91. The van der Waals surface area contributed by atoms with Crippen LogP contribution in [0.5, 0.6) is 0 Å². The van der Waals surface area contributed by atoms with Crippen LogP contribution < -0.4 is 21.1 Å². The molecule has 7 heteroatoms. The molecule has 0 spiro atoms. The second kappa shape index (κ2) is 6.37. The van der Waals surface area contributed by atoms with Crippen LogP contribution in [0, 0.1) is 5.92 Å². The normalized spacial score (nSPS) is 40.1. The zero-order valence-electron chi connectivity index (χ0n) is 14.6. The summed E-state index contributed by atoms with van der Waals surface area (Å²) in [4.78, 5) is 11.7. The van der Waals surface area contributed by atoms with Crippen LogP contribution in [0.3, 0.4) is 0 Å². The molecule has 136 valence electrons. The molecule has 1 aromatic rings. The Bertz CT molecular complexity index is 613. The average molecular weight is 344 g/mol. The molecule has 5 rings (SSSR count). The third-order valence-electron chi connectivity index (χ3n) is 6.57. The summed E-state index contributed by atoms with van der Waals surface area (Å²) in [5.41, 5.74) is 6.68. The number of hydrogen-bond donors (Lipinski definition) is 4. The predicted molar refractivity (Wildman–Crippen MR) is 96.2 cm³/mol. The molecular weight excluding hydrogens is 316 g/mol. The van der Waals surface area contributed by atoms with Crippen molar-refractivity contribution >= 4 is 11.8 Å². The van der Waals surface area contributed by atoms with Crippen molar-refractivity contribution in [3.05, 3.63) is 12.3 Å². The Morgan fingerprint density at radius 1 is 1.12 bits per heavy atom. The zero-order chi connectivity index (χ0) is 16.8. The first-order chi connectivity index (χ1) is 12.3. The molecule has 4 fully saturated rings. The van der Waals surface area contributed by atoms with Crippen LogP contribution in [-0.2, 0) is 0 Å². The van der Waals surface area contributed by atoms with E-state index in [1.165, 1.54) is 19.3 Å². The molecule has 4 heterocycles. The van der Waals surface area contributed by atoms with Crippen molar-refractivity contribution in [2.45, 2.75) is 75.2 Å². The van der Waals surface area contributed by atoms with E-state index in [9.17, 15) is 5.11 Å². The molecule has 2 bridgehead atoms. The van der Waals surface area contributed by atoms with Gasteiger partial charge in [0.25, 0.3) is 0 Å². The van der Waals surface area contributed by atoms with Gasteiger partial charge in [0.05, 0.1) is 6.10 Å². The van der Waals surface area contributed by atoms with Crippen molar-refractivity contribution in [2.75, 3.05) is 16.8 Å². The van der Waals surface area contributed by atoms with Crippen LogP contribution in [0.4, 0.5) is 11.8 Å². The van der Waals surface area contributed by atoms with Gasteiger partial charge in [0.1, 0.15) is 5.82 Å². The van der Waals surface area contributed by atoms with Crippen LogP contribution in [0.1, 0.15) is 44.9 Å². The van der Waals surface area contributed by atoms with Crippen LogP contribution in [0.25, 0.3) is 0 Å². The highest BCUT2D eigenvalue weighted by Gasteiger charge is 2.41. The molecule has 25 heavy (non-hydrogen) atoms. The van der Waals surface area contributed by atoms with Crippen LogP contribution in [0.2, 0.25) is 0 Å². The summed E-state index contributed by atoms with van der Waals surface area (Å²) in [6.07, 6.45) is 9.29. The summed E-state index contributed by atoms with van der Waals surface area (Å²) in [7, 11) is 0. The molecule has 1 aromatic heterocycles. The first-order valence-corrected chi connectivity index (χ1v) is 9.80. The Morgan fingerprint density at radius 3 is 2.80 bits per heavy atom. The molecule has 4 N–H and O–H groups in total. The van der Waals surface area contributed by atoms with E-state index >= 15 is 0 Å². The average Bonchev–Trinajstić information content (AvgIpc) is 3.17. The lowest BCUT2D eigenvalue weighted by atomic mass is 9.83. The molecule has 3 aliphatic heterocycles. The summed E-state index contributed by atoms with van der Waals surface area (Å²) in [6.45, 7) is 1.07. The second-order valence-electron chi connectivity index (χ2n) is 8.21. The minimum atomic E-state index is -0.154. The standard InChI is InChI=1S/C18H28N6O/c25-15-8-13-2-3-14(9-15)24(13)18-19-6-5-17(22-18)21-12-1-4-16-11(7-12)10-20-23-16/h5-6,11-16,20,23,25H,1-4,7-10H2,(H,19,21,22). The second-order valence-corrected chi connectivity index (χ2v) is 8.21. The summed E-state index contributed by atoms with van der Waals surface area (Å²) >= 11 is 0. The minimum Gasteiger partial charge on any atom is -0.393 e. The van der Waals surface area contributed by atoms with Crippen LogP contribution in [0.15, 0.2) is 12.3 Å². The number of hydrogen-bond acceptors (Lipinski definition) is 7. The number of piperidine rings is 1. The topological polar surface area (TPSA) is 85.3 Å². The number of nitrogens with zero attached hydrogens (tertiary/aromatic N) is 3. The minimum absolute atomic E-state index is 0.154. The number of hydrazine groups is 1. The molecule has 4 aliphatic rings. The van der Waals surface area contributed by atoms with E-state index in [2.05, 4.69) is 26.1 Å². The molecule has 0 aromatic carbocycles. The van der Waals surface area contributed by atoms with E-state index in [4.69, 9.17) is 4.98 Å². The molecular formula is C18H28N6O. The van der Waals surface area contributed by atoms with E-state index in [0.717, 1.165) is 44.0 Å². The Kier molecular flexibility index (Phi) is 4.03. The fraction of sp³-hybridized carbons (Fsp3) is 0.778. The van der Waals surface area contributed by atoms with Gasteiger partial charge >= 0.3 is 0 Å². The Morgan fingerprint density at radius 2 is 1.96 bits per heavy atom. The van der Waals surface area contributed by atoms with E-state index < -0.39 is 0 Å². The molecule has 5 atom stereocenters. The number of nitrogens with one attached hydrogen (secondary N) is 3. The van der Waals surface area contributed by atoms with Crippen molar-refractivity contribution in [1.29, 1.82) is 0 Å². The molecule has 3 saturated heterocycles. The van der Waals surface area contributed by atoms with Gasteiger partial charge in [-0.3, -0.25) is 10.9 Å². The number of aliphatic hydroxyl groups excluding tert-OH is 1. The highest BCUT2D eigenvalue weighted by atomic mass is 16.3. The third kappa shape index (κ3) is 2.98. The van der Waals surface area contributed by atoms with Gasteiger partial charge in [-0.25, -0.2) is 4.98 Å². The molecule has 0 radical (unpaired) electrons. The number of aromatic nitrogens is 2. The smallest absolute Gasteiger partial charge is 0.227 e. The summed E-state index contributed by atoms with van der Waals surface area (Å²) in [5, 5.41) is 13.7. The first-order valence-electron chi connectivity index (χ1n) is 9.80. The maximum Gasteiger partial charge on any atom is 0.227 e. The van der Waals surface area contributed by atoms with Crippen molar-refractivity contribution in [1.82, 2.24) is 20.8 Å². The quantitative estimate of drug-likeness (QED) is 0.651. The zero-order valence-corrected chi connectivity index (χ0v) is 14.6. The van der Waals surface area contributed by atoms with Crippen molar-refractivity contribution in [3.8, 4) is 0 Å². The maximum absolute atomic E-state index is 10.0. The van der Waals surface area contributed by atoms with E-state index in [-0.39, 0.29) is 6.10 Å². The highest BCUT2D eigenvalue weighted by molar-refractivity contribution is 5.45. The lowest BCUT2D eigenvalue weighted by molar-refractivity contribution is 0.125. The maximum atomic E-state index is 10.0. The van der Waals surface area contributed by atoms with Crippen LogP contribution >= 0.6 is 0 Å². The Balaban J connectivity index is 1.29. The molecule has 0 amide bonds. The third-order valence-corrected chi connectivity index (χ3v) is 6.57. The lowest BCUT2D eigenvalue weighted by Crippen LogP contribution is -2.45. The SMILES string of the molecule is OC1CC2CCC(C1)N2c1nccc(NC2CCC3NNCC3C2)n1. The largest absolute Gasteiger partial charge is 0.393 e. The van der Waals surface area contributed by atoms with Gasteiger partial charge < -0.3 is 15.3 Å². The summed E-state index contributed by atoms with van der Waals surface area (Å²) < 4.78 is 0. The van der Waals surface area contributed by atoms with Crippen molar-refractivity contribution < 1.29 is 5.11 Å². The van der Waals surface area contributed by atoms with Gasteiger partial charge in [-0.05, 0) is 56.9 Å². The summed E-state index contributed by atoms with van der Waals surface area (Å²) in [5.74, 6) is 2.49. The van der Waals surface area contributed by atoms with Gasteiger partial charge in [-0.15, -0.1) is 0 Å². The molecule has 5 unspecified atom stereocenters. The van der Waals surface area contributed by atoms with Gasteiger partial charge in [-0.1, -0.05) is 0 Å². The number of anilines is 2. The number of rotatable bonds is 3. The van der Waals surface area contributed by atoms with Crippen molar-refractivity contribution in [3.63, 3.8) is 0 Å². The number of aliphatic hydroxyl groups is 1. The van der Waals surface area contributed by atoms with E-state index in [0.29, 0.717) is 30.1 Å². The van der Waals surface area contributed by atoms with E-state index in [1.54, 1.807) is 0 Å². The monoisotopic (exact) mass is 344 g/mol. The lowest BCUT2D eigenvalue weighted by Gasteiger charge is -2.37. The fourth-order valence-corrected chi connectivity index (χ4v) is 5.37.